The fraction of sp³-hybridized carbons (Fsp3) is 0.880. The Hall–Kier alpha value is -1.43. The molecule has 13 N–H and O–H groups in total. The zero-order valence-corrected chi connectivity index (χ0v) is 22.8. The summed E-state index contributed by atoms with van der Waals surface area (Å²) < 4.78 is 18.0. The molecular formula is C25H46N6O8. The summed E-state index contributed by atoms with van der Waals surface area (Å²) in [6.07, 6.45) is -2.87. The molecule has 2 aliphatic carbocycles. The number of rotatable bonds is 9. The molecular weight excluding hydrogens is 512 g/mol. The molecule has 2 saturated carbocycles. The summed E-state index contributed by atoms with van der Waals surface area (Å²) in [6.45, 7) is 4.62. The SMILES string of the molecule is CCNCC1=CC[C@@H](N)[C@@H](C2[C@@H](N)C[C@@H](NC(=O)C3(O)CC3N)[C@H](O[C@H]3OC[C@](C)(O)[C@H](NC)[C@H]3O)[C@H]2O)O1. The smallest absolute Gasteiger partial charge is 0.253 e. The number of aliphatic hydroxyl groups is 4. The van der Waals surface area contributed by atoms with Crippen molar-refractivity contribution in [3.63, 3.8) is 0 Å². The lowest BCUT2D eigenvalue weighted by atomic mass is 9.72. The van der Waals surface area contributed by atoms with Crippen molar-refractivity contribution < 1.29 is 39.4 Å². The molecule has 0 aromatic carbocycles. The van der Waals surface area contributed by atoms with Gasteiger partial charge in [-0.25, -0.2) is 0 Å². The van der Waals surface area contributed by atoms with Crippen molar-refractivity contribution in [3.05, 3.63) is 11.8 Å². The van der Waals surface area contributed by atoms with Gasteiger partial charge in [-0.05, 0) is 39.4 Å². The Morgan fingerprint density at radius 1 is 1.21 bits per heavy atom. The number of nitrogens with two attached hydrogens (primary N) is 3. The van der Waals surface area contributed by atoms with Crippen molar-refractivity contribution in [3.8, 4) is 0 Å². The topological polar surface area (TPSA) is 240 Å². The zero-order chi connectivity index (χ0) is 28.7. The van der Waals surface area contributed by atoms with Crippen LogP contribution in [0.25, 0.3) is 0 Å². The van der Waals surface area contributed by atoms with Crippen LogP contribution in [0.5, 0.6) is 0 Å². The van der Waals surface area contributed by atoms with Gasteiger partial charge in [0.15, 0.2) is 11.9 Å². The fourth-order valence-corrected chi connectivity index (χ4v) is 6.04. The van der Waals surface area contributed by atoms with Gasteiger partial charge in [-0.2, -0.15) is 0 Å². The third-order valence-electron chi connectivity index (χ3n) is 8.53. The lowest BCUT2D eigenvalue weighted by Crippen LogP contribution is -2.69. The molecule has 4 aliphatic rings. The van der Waals surface area contributed by atoms with E-state index >= 15 is 0 Å². The highest BCUT2D eigenvalue weighted by Gasteiger charge is 2.59. The number of nitrogens with one attached hydrogen (secondary N) is 3. The molecule has 0 radical (unpaired) electrons. The standard InChI is InChI=1S/C25H46N6O8/c1-4-30-9-11-5-6-12(26)19(38-11)16-13(27)7-14(31-23(34)25(36)8-15(25)28)20(17(16)32)39-22-18(33)21(29-3)24(2,35)10-37-22/h5,12-22,29-30,32-33,35-36H,4,6-10,26-28H2,1-3H3,(H,31,34)/t12-,13+,14-,15?,16?,17+,18-,19+,20+,21-,22-,24+,25?/m1/s1. The number of ether oxygens (including phenoxy) is 3. The molecule has 2 heterocycles. The van der Waals surface area contributed by atoms with Gasteiger partial charge in [0, 0.05) is 30.5 Å². The Labute approximate surface area is 228 Å². The maximum absolute atomic E-state index is 12.9. The minimum atomic E-state index is -1.70. The molecule has 14 heteroatoms. The molecule has 0 aromatic rings. The van der Waals surface area contributed by atoms with Crippen LogP contribution in [0.4, 0.5) is 0 Å². The fourth-order valence-electron chi connectivity index (χ4n) is 6.04. The molecule has 3 fully saturated rings. The minimum absolute atomic E-state index is 0.114. The van der Waals surface area contributed by atoms with Gasteiger partial charge >= 0.3 is 0 Å². The van der Waals surface area contributed by atoms with Gasteiger partial charge in [-0.1, -0.05) is 6.92 Å². The number of likely N-dealkylation sites (N-methyl/N-ethyl adjacent to an activating group) is 2. The third kappa shape index (κ3) is 6.11. The van der Waals surface area contributed by atoms with Crippen molar-refractivity contribution in [2.75, 3.05) is 26.7 Å². The molecule has 0 spiro atoms. The number of hydrogen-bond donors (Lipinski definition) is 10. The van der Waals surface area contributed by atoms with Crippen LogP contribution in [0.15, 0.2) is 11.8 Å². The quantitative estimate of drug-likeness (QED) is 0.129. The van der Waals surface area contributed by atoms with Crippen LogP contribution in [0.3, 0.4) is 0 Å². The minimum Gasteiger partial charge on any atom is -0.492 e. The molecule has 39 heavy (non-hydrogen) atoms. The summed E-state index contributed by atoms with van der Waals surface area (Å²) >= 11 is 0. The highest BCUT2D eigenvalue weighted by Crippen LogP contribution is 2.38. The Kier molecular flexibility index (Phi) is 9.25. The molecule has 224 valence electrons. The van der Waals surface area contributed by atoms with Gasteiger partial charge in [-0.3, -0.25) is 4.79 Å². The molecule has 1 saturated heterocycles. The first-order valence-corrected chi connectivity index (χ1v) is 13.7. The van der Waals surface area contributed by atoms with Crippen LogP contribution in [0.1, 0.15) is 33.1 Å². The Morgan fingerprint density at radius 2 is 1.90 bits per heavy atom. The predicted octanol–water partition coefficient (Wildman–Crippen LogP) is -4.31. The highest BCUT2D eigenvalue weighted by atomic mass is 16.7. The summed E-state index contributed by atoms with van der Waals surface area (Å²) in [5.74, 6) is -0.668. The molecule has 1 amide bonds. The summed E-state index contributed by atoms with van der Waals surface area (Å²) in [5.41, 5.74) is 15.7. The van der Waals surface area contributed by atoms with Gasteiger partial charge in [0.2, 0.25) is 0 Å². The highest BCUT2D eigenvalue weighted by molar-refractivity contribution is 5.89. The molecule has 0 bridgehead atoms. The van der Waals surface area contributed by atoms with Crippen molar-refractivity contribution in [1.82, 2.24) is 16.0 Å². The number of aliphatic hydroxyl groups excluding tert-OH is 2. The Morgan fingerprint density at radius 3 is 2.51 bits per heavy atom. The van der Waals surface area contributed by atoms with E-state index in [4.69, 9.17) is 31.4 Å². The average molecular weight is 559 g/mol. The number of carbonyl (C=O) groups is 1. The third-order valence-corrected chi connectivity index (χ3v) is 8.53. The predicted molar refractivity (Wildman–Crippen MR) is 140 cm³/mol. The van der Waals surface area contributed by atoms with Crippen LogP contribution in [-0.2, 0) is 19.0 Å². The van der Waals surface area contributed by atoms with Crippen molar-refractivity contribution in [2.45, 2.75) is 105 Å². The van der Waals surface area contributed by atoms with E-state index in [1.54, 1.807) is 7.05 Å². The van der Waals surface area contributed by atoms with Gasteiger partial charge in [0.1, 0.15) is 29.7 Å². The van der Waals surface area contributed by atoms with Crippen molar-refractivity contribution >= 4 is 5.91 Å². The van der Waals surface area contributed by atoms with E-state index in [0.29, 0.717) is 18.7 Å². The van der Waals surface area contributed by atoms with Crippen LogP contribution in [0.2, 0.25) is 0 Å². The lowest BCUT2D eigenvalue weighted by Gasteiger charge is -2.50. The van der Waals surface area contributed by atoms with Crippen molar-refractivity contribution in [1.29, 1.82) is 0 Å². The maximum atomic E-state index is 12.9. The van der Waals surface area contributed by atoms with Crippen LogP contribution >= 0.6 is 0 Å². The molecule has 13 atom stereocenters. The molecule has 14 nitrogen and oxygen atoms in total. The lowest BCUT2D eigenvalue weighted by molar-refractivity contribution is -0.297. The Balaban J connectivity index is 1.57. The number of carbonyl (C=O) groups excluding carboxylic acids is 1. The molecule has 4 rings (SSSR count). The van der Waals surface area contributed by atoms with E-state index in [9.17, 15) is 25.2 Å². The second-order valence-electron chi connectivity index (χ2n) is 11.6. The molecule has 0 aromatic heterocycles. The first kappa shape index (κ1) is 30.5. The summed E-state index contributed by atoms with van der Waals surface area (Å²) in [7, 11) is 1.60. The van der Waals surface area contributed by atoms with Crippen molar-refractivity contribution in [2.24, 2.45) is 23.1 Å². The Bertz CT molecular complexity index is 910. The normalized spacial score (nSPS) is 48.2. The summed E-state index contributed by atoms with van der Waals surface area (Å²) in [6, 6.07) is -3.42. The monoisotopic (exact) mass is 558 g/mol. The van der Waals surface area contributed by atoms with E-state index in [1.807, 2.05) is 13.0 Å². The average Bonchev–Trinajstić information content (AvgIpc) is 3.50. The summed E-state index contributed by atoms with van der Waals surface area (Å²) in [5, 5.41) is 52.6. The van der Waals surface area contributed by atoms with Crippen LogP contribution < -0.4 is 33.2 Å². The molecule has 2 aliphatic heterocycles. The van der Waals surface area contributed by atoms with Gasteiger partial charge in [-0.15, -0.1) is 0 Å². The first-order chi connectivity index (χ1) is 18.3. The summed E-state index contributed by atoms with van der Waals surface area (Å²) in [4.78, 5) is 12.9. The largest absolute Gasteiger partial charge is 0.492 e. The van der Waals surface area contributed by atoms with Gasteiger partial charge < -0.3 is 67.8 Å². The van der Waals surface area contributed by atoms with E-state index in [1.165, 1.54) is 6.92 Å². The maximum Gasteiger partial charge on any atom is 0.253 e. The van der Waals surface area contributed by atoms with E-state index < -0.39 is 83.9 Å². The second kappa shape index (κ2) is 11.8. The van der Waals surface area contributed by atoms with Gasteiger partial charge in [0.05, 0.1) is 31.3 Å². The van der Waals surface area contributed by atoms with Crippen LogP contribution in [-0.4, -0.2) is 125 Å². The van der Waals surface area contributed by atoms with E-state index in [0.717, 1.165) is 6.54 Å². The molecule has 3 unspecified atom stereocenters. The zero-order valence-electron chi connectivity index (χ0n) is 22.8. The van der Waals surface area contributed by atoms with E-state index in [2.05, 4.69) is 16.0 Å². The number of amides is 1. The number of hydrogen-bond acceptors (Lipinski definition) is 13. The first-order valence-electron chi connectivity index (χ1n) is 13.7. The van der Waals surface area contributed by atoms with Gasteiger partial charge in [0.25, 0.3) is 5.91 Å². The second-order valence-corrected chi connectivity index (χ2v) is 11.6. The van der Waals surface area contributed by atoms with E-state index in [-0.39, 0.29) is 19.4 Å². The van der Waals surface area contributed by atoms with Crippen LogP contribution in [0, 0.1) is 5.92 Å².